The summed E-state index contributed by atoms with van der Waals surface area (Å²) in [6.07, 6.45) is 3.18. The van der Waals surface area contributed by atoms with Gasteiger partial charge in [-0.1, -0.05) is 156 Å². The molecule has 0 aliphatic carbocycles. The molecule has 0 unspecified atom stereocenters. The Morgan fingerprint density at radius 2 is 1.31 bits per heavy atom. The first-order chi connectivity index (χ1) is 29.4. The maximum absolute atomic E-state index is 6.19. The van der Waals surface area contributed by atoms with Crippen LogP contribution < -0.4 is 5.19 Å². The van der Waals surface area contributed by atoms with E-state index in [0.717, 1.165) is 84.0 Å². The number of hydrogen-bond donors (Lipinski definition) is 0. The number of fused-ring (bicyclic) bond motifs is 7. The van der Waals surface area contributed by atoms with E-state index in [0.29, 0.717) is 17.8 Å². The SMILES string of the molecule is CC(C)Cc1cc(-c2[c-]ccc3c2oc2ccccc23)ncc1[Si](C)(C)C.CC(C)c1cccc(C(C)C)c1-n1c(-c2[c-]cc3oc4ccccc4c3c2)nc2ccccc21.[Ir]. The van der Waals surface area contributed by atoms with Crippen molar-refractivity contribution in [2.45, 2.75) is 79.4 Å². The Morgan fingerprint density at radius 1 is 0.661 bits per heavy atom. The van der Waals surface area contributed by atoms with Gasteiger partial charge in [-0.3, -0.25) is 4.98 Å². The summed E-state index contributed by atoms with van der Waals surface area (Å²) in [6, 6.07) is 48.8. The second-order valence-electron chi connectivity index (χ2n) is 18.3. The summed E-state index contributed by atoms with van der Waals surface area (Å²) in [5.41, 5.74) is 13.8. The molecule has 0 bridgehead atoms. The molecule has 0 saturated heterocycles. The molecular weight excluding hydrogens is 955 g/mol. The van der Waals surface area contributed by atoms with E-state index >= 15 is 0 Å². The number of nitrogens with zero attached hydrogens (tertiary/aromatic N) is 3. The first kappa shape index (κ1) is 43.1. The number of rotatable bonds is 8. The van der Waals surface area contributed by atoms with E-state index < -0.39 is 8.07 Å². The Morgan fingerprint density at radius 3 is 1.98 bits per heavy atom. The molecule has 62 heavy (non-hydrogen) atoms. The minimum atomic E-state index is -1.44. The van der Waals surface area contributed by atoms with Crippen molar-refractivity contribution in [2.75, 3.05) is 0 Å². The van der Waals surface area contributed by atoms with Crippen LogP contribution in [0.15, 0.2) is 136 Å². The van der Waals surface area contributed by atoms with E-state index in [2.05, 4.69) is 169 Å². The zero-order valence-electron chi connectivity index (χ0n) is 37.1. The Labute approximate surface area is 379 Å². The number of benzene rings is 6. The fourth-order valence-corrected chi connectivity index (χ4v) is 10.4. The maximum Gasteiger partial charge on any atom is 0.120 e. The molecule has 0 fully saturated rings. The molecule has 1 radical (unpaired) electrons. The predicted octanol–water partition coefficient (Wildman–Crippen LogP) is 14.8. The number of furan rings is 2. The molecule has 10 aromatic rings. The van der Waals surface area contributed by atoms with E-state index in [1.165, 1.54) is 27.6 Å². The van der Waals surface area contributed by atoms with Crippen LogP contribution in [0.1, 0.15) is 70.1 Å². The molecule has 315 valence electrons. The van der Waals surface area contributed by atoms with Crippen molar-refractivity contribution in [1.29, 1.82) is 0 Å². The maximum atomic E-state index is 6.19. The van der Waals surface area contributed by atoms with Crippen molar-refractivity contribution in [3.05, 3.63) is 156 Å². The van der Waals surface area contributed by atoms with Gasteiger partial charge in [0.15, 0.2) is 0 Å². The van der Waals surface area contributed by atoms with E-state index in [1.807, 2.05) is 36.4 Å². The zero-order valence-corrected chi connectivity index (χ0v) is 40.5. The minimum Gasteiger partial charge on any atom is -0.501 e. The Balaban J connectivity index is 0.000000172. The van der Waals surface area contributed by atoms with Gasteiger partial charge < -0.3 is 18.4 Å². The number of aromatic nitrogens is 3. The molecule has 4 aromatic heterocycles. The van der Waals surface area contributed by atoms with Crippen LogP contribution in [0.25, 0.3) is 83.2 Å². The number of hydrogen-bond acceptors (Lipinski definition) is 4. The molecule has 10 rings (SSSR count). The standard InChI is InChI=1S/C31H27N2O.C24H26NOSi.Ir/c1-19(2)22-11-9-12-23(20(3)4)30(22)33-27-14-7-6-13-26(27)32-31(33)21-16-17-29-25(18-21)24-10-5-8-15-28(24)34-29;1-16(2)13-17-14-21(25-15-23(17)27(3,4)5)20-11-8-10-19-18-9-6-7-12-22(18)26-24(19)20;/h5-15,17-20H,1-4H3;6-10,12,14-16H,13H2,1-5H3;/q2*-1;. The van der Waals surface area contributed by atoms with E-state index in [4.69, 9.17) is 18.8 Å². The predicted molar refractivity (Wildman–Crippen MR) is 258 cm³/mol. The Hall–Kier alpha value is -5.59. The van der Waals surface area contributed by atoms with E-state index in [1.54, 1.807) is 0 Å². The van der Waals surface area contributed by atoms with Crippen molar-refractivity contribution >= 4 is 68.2 Å². The van der Waals surface area contributed by atoms with Gasteiger partial charge in [-0.15, -0.1) is 42.0 Å². The van der Waals surface area contributed by atoms with Crippen LogP contribution in [-0.2, 0) is 26.5 Å². The van der Waals surface area contributed by atoms with Gasteiger partial charge in [-0.05, 0) is 70.4 Å². The van der Waals surface area contributed by atoms with Crippen molar-refractivity contribution in [3.63, 3.8) is 0 Å². The molecule has 0 N–H and O–H groups in total. The van der Waals surface area contributed by atoms with Gasteiger partial charge in [0.25, 0.3) is 0 Å². The summed E-state index contributed by atoms with van der Waals surface area (Å²) in [4.78, 5) is 9.98. The van der Waals surface area contributed by atoms with Gasteiger partial charge >= 0.3 is 0 Å². The average molecular weight is 1010 g/mol. The van der Waals surface area contributed by atoms with Crippen molar-refractivity contribution in [3.8, 4) is 28.3 Å². The van der Waals surface area contributed by atoms with Crippen LogP contribution in [0, 0.1) is 18.1 Å². The normalized spacial score (nSPS) is 12.0. The van der Waals surface area contributed by atoms with Gasteiger partial charge in [-0.25, -0.2) is 0 Å². The average Bonchev–Trinajstić information content (AvgIpc) is 3.94. The van der Waals surface area contributed by atoms with Gasteiger partial charge in [0.05, 0.1) is 36.1 Å². The van der Waals surface area contributed by atoms with E-state index in [9.17, 15) is 0 Å². The van der Waals surface area contributed by atoms with E-state index in [-0.39, 0.29) is 20.1 Å². The summed E-state index contributed by atoms with van der Waals surface area (Å²) >= 11 is 0. The van der Waals surface area contributed by atoms with Crippen LogP contribution in [0.2, 0.25) is 19.6 Å². The zero-order chi connectivity index (χ0) is 42.6. The molecule has 0 spiro atoms. The third-order valence-corrected chi connectivity index (χ3v) is 13.8. The number of para-hydroxylation sites is 5. The van der Waals surface area contributed by atoms with Gasteiger partial charge in [0.2, 0.25) is 0 Å². The van der Waals surface area contributed by atoms with Crippen LogP contribution in [-0.4, -0.2) is 22.6 Å². The summed E-state index contributed by atoms with van der Waals surface area (Å²) < 4.78 is 14.6. The molecule has 4 heterocycles. The third kappa shape index (κ3) is 7.98. The Kier molecular flexibility index (Phi) is 12.0. The van der Waals surface area contributed by atoms with Gasteiger partial charge in [0, 0.05) is 42.8 Å². The summed E-state index contributed by atoms with van der Waals surface area (Å²) in [6.45, 7) is 20.8. The smallest absolute Gasteiger partial charge is 0.120 e. The molecule has 0 amide bonds. The minimum absolute atomic E-state index is 0. The molecule has 0 aliphatic rings. The molecule has 0 aliphatic heterocycles. The van der Waals surface area contributed by atoms with Crippen molar-refractivity contribution in [2.24, 2.45) is 5.92 Å². The molecule has 6 aromatic carbocycles. The number of imidazole rings is 1. The molecule has 7 heteroatoms. The summed E-state index contributed by atoms with van der Waals surface area (Å²) in [5, 5.41) is 5.92. The molecular formula is C55H53IrN3O2Si-2. The molecule has 0 saturated carbocycles. The summed E-state index contributed by atoms with van der Waals surface area (Å²) in [7, 11) is -1.44. The van der Waals surface area contributed by atoms with Crippen molar-refractivity contribution in [1.82, 2.24) is 14.5 Å². The van der Waals surface area contributed by atoms with Crippen LogP contribution >= 0.6 is 0 Å². The quantitative estimate of drug-likeness (QED) is 0.112. The fourth-order valence-electron chi connectivity index (χ4n) is 8.80. The second-order valence-corrected chi connectivity index (χ2v) is 23.4. The molecule has 0 atom stereocenters. The Bertz CT molecular complexity index is 3190. The van der Waals surface area contributed by atoms with Crippen molar-refractivity contribution < 1.29 is 28.9 Å². The van der Waals surface area contributed by atoms with Gasteiger partial charge in [-0.2, -0.15) is 0 Å². The van der Waals surface area contributed by atoms with Crippen LogP contribution in [0.4, 0.5) is 0 Å². The van der Waals surface area contributed by atoms with Crippen LogP contribution in [0.3, 0.4) is 0 Å². The fraction of sp³-hybridized carbons (Fsp3) is 0.236. The molecule has 5 nitrogen and oxygen atoms in total. The first-order valence-corrected chi connectivity index (χ1v) is 25.1. The largest absolute Gasteiger partial charge is 0.501 e. The summed E-state index contributed by atoms with van der Waals surface area (Å²) in [5.74, 6) is 2.28. The first-order valence-electron chi connectivity index (χ1n) is 21.6. The topological polar surface area (TPSA) is 57.0 Å². The van der Waals surface area contributed by atoms with Crippen LogP contribution in [0.5, 0.6) is 0 Å². The number of pyridine rings is 1. The monoisotopic (exact) mass is 1010 g/mol. The second kappa shape index (κ2) is 17.3. The van der Waals surface area contributed by atoms with Gasteiger partial charge in [0.1, 0.15) is 11.2 Å². The third-order valence-electron chi connectivity index (χ3n) is 11.7.